The van der Waals surface area contributed by atoms with Gasteiger partial charge in [0.2, 0.25) is 11.5 Å². The zero-order valence-corrected chi connectivity index (χ0v) is 7.38. The molecule has 7 heteroatoms. The van der Waals surface area contributed by atoms with E-state index in [9.17, 15) is 18.0 Å². The van der Waals surface area contributed by atoms with Crippen LogP contribution in [-0.4, -0.2) is 13.1 Å². The number of carbonyl (C=O) groups is 1. The lowest BCUT2D eigenvalue weighted by molar-refractivity contribution is -0.153. The minimum Gasteiger partial charge on any atom is -0.463 e. The van der Waals surface area contributed by atoms with Crippen LogP contribution in [0.25, 0.3) is 0 Å². The number of esters is 1. The molecule has 0 aliphatic heterocycles. The van der Waals surface area contributed by atoms with Gasteiger partial charge in [-0.25, -0.2) is 4.79 Å². The predicted molar refractivity (Wildman–Crippen MR) is 39.8 cm³/mol. The molecule has 0 saturated heterocycles. The Hall–Kier alpha value is -1.97. The Labute approximate surface area is 81.8 Å². The first kappa shape index (κ1) is 11.1. The first-order valence-electron chi connectivity index (χ1n) is 3.59. The number of furan rings is 1. The number of nitriles is 1. The summed E-state index contributed by atoms with van der Waals surface area (Å²) >= 11 is 0. The highest BCUT2D eigenvalue weighted by molar-refractivity contribution is 5.86. The van der Waals surface area contributed by atoms with Crippen molar-refractivity contribution in [2.24, 2.45) is 0 Å². The quantitative estimate of drug-likeness (QED) is 0.677. The highest BCUT2D eigenvalue weighted by atomic mass is 19.4. The van der Waals surface area contributed by atoms with Gasteiger partial charge in [-0.15, -0.1) is 0 Å². The van der Waals surface area contributed by atoms with Crippen LogP contribution in [0.1, 0.15) is 21.9 Å². The molecule has 15 heavy (non-hydrogen) atoms. The zero-order chi connectivity index (χ0) is 11.6. The second kappa shape index (κ2) is 3.65. The summed E-state index contributed by atoms with van der Waals surface area (Å²) in [6.45, 7) is 0. The first-order chi connectivity index (χ1) is 6.90. The van der Waals surface area contributed by atoms with E-state index in [0.29, 0.717) is 6.07 Å². The molecule has 1 heterocycles. The minimum absolute atomic E-state index is 0.652. The van der Waals surface area contributed by atoms with E-state index in [1.165, 1.54) is 6.07 Å². The third kappa shape index (κ3) is 2.10. The van der Waals surface area contributed by atoms with Crippen molar-refractivity contribution in [1.82, 2.24) is 0 Å². The number of halogens is 3. The molecular weight excluding hydrogens is 215 g/mol. The van der Waals surface area contributed by atoms with Gasteiger partial charge in [-0.3, -0.25) is 0 Å². The number of hydrogen-bond donors (Lipinski definition) is 0. The van der Waals surface area contributed by atoms with Crippen molar-refractivity contribution < 1.29 is 27.1 Å². The predicted octanol–water partition coefficient (Wildman–Crippen LogP) is 1.96. The molecule has 0 saturated carbocycles. The number of methoxy groups -OCH3 is 1. The lowest BCUT2D eigenvalue weighted by Crippen LogP contribution is -2.05. The number of hydrogen-bond acceptors (Lipinski definition) is 4. The van der Waals surface area contributed by atoms with Gasteiger partial charge < -0.3 is 9.15 Å². The summed E-state index contributed by atoms with van der Waals surface area (Å²) < 4.78 is 45.0. The normalized spacial score (nSPS) is 10.9. The van der Waals surface area contributed by atoms with Gasteiger partial charge >= 0.3 is 12.1 Å². The average molecular weight is 219 g/mol. The summed E-state index contributed by atoms with van der Waals surface area (Å²) in [5.41, 5.74) is -0.747. The molecule has 0 radical (unpaired) electrons. The van der Waals surface area contributed by atoms with Crippen molar-refractivity contribution in [3.8, 4) is 6.07 Å². The van der Waals surface area contributed by atoms with Gasteiger partial charge in [-0.05, 0) is 0 Å². The van der Waals surface area contributed by atoms with E-state index in [0.717, 1.165) is 7.11 Å². The zero-order valence-electron chi connectivity index (χ0n) is 7.38. The van der Waals surface area contributed by atoms with Crippen LogP contribution in [-0.2, 0) is 10.9 Å². The van der Waals surface area contributed by atoms with Gasteiger partial charge in [0.1, 0.15) is 11.6 Å². The molecule has 0 aliphatic rings. The van der Waals surface area contributed by atoms with Gasteiger partial charge in [0, 0.05) is 6.07 Å². The van der Waals surface area contributed by atoms with Crippen molar-refractivity contribution in [3.05, 3.63) is 23.2 Å². The Bertz CT molecular complexity index is 427. The van der Waals surface area contributed by atoms with Gasteiger partial charge in [0.05, 0.1) is 7.11 Å². The highest BCUT2D eigenvalue weighted by Gasteiger charge is 2.39. The van der Waals surface area contributed by atoms with E-state index >= 15 is 0 Å². The lowest BCUT2D eigenvalue weighted by Gasteiger charge is -2.01. The Kier molecular flexibility index (Phi) is 2.70. The van der Waals surface area contributed by atoms with Gasteiger partial charge in [0.15, 0.2) is 0 Å². The van der Waals surface area contributed by atoms with Crippen LogP contribution in [0.5, 0.6) is 0 Å². The second-order valence-electron chi connectivity index (χ2n) is 2.45. The monoisotopic (exact) mass is 219 g/mol. The Morgan fingerprint density at radius 1 is 1.60 bits per heavy atom. The van der Waals surface area contributed by atoms with E-state index in [1.807, 2.05) is 0 Å². The molecule has 1 aromatic heterocycles. The third-order valence-corrected chi connectivity index (χ3v) is 1.50. The van der Waals surface area contributed by atoms with E-state index in [2.05, 4.69) is 9.15 Å². The van der Waals surface area contributed by atoms with Crippen molar-refractivity contribution in [2.45, 2.75) is 6.18 Å². The summed E-state index contributed by atoms with van der Waals surface area (Å²) in [5.74, 6) is -3.21. The molecule has 0 fully saturated rings. The van der Waals surface area contributed by atoms with Crippen LogP contribution < -0.4 is 0 Å². The first-order valence-corrected chi connectivity index (χ1v) is 3.59. The fourth-order valence-electron chi connectivity index (χ4n) is 0.886. The lowest BCUT2D eigenvalue weighted by atomic mass is 10.2. The summed E-state index contributed by atoms with van der Waals surface area (Å²) in [4.78, 5) is 10.8. The number of carbonyl (C=O) groups excluding carboxylic acids is 1. The summed E-state index contributed by atoms with van der Waals surface area (Å²) in [6, 6.07) is 1.97. The van der Waals surface area contributed by atoms with E-state index in [1.54, 1.807) is 0 Å². The summed E-state index contributed by atoms with van der Waals surface area (Å²) in [5, 5.41) is 8.39. The number of alkyl halides is 3. The molecule has 4 nitrogen and oxygen atoms in total. The molecule has 1 aromatic rings. The van der Waals surface area contributed by atoms with Crippen LogP contribution in [0.2, 0.25) is 0 Å². The summed E-state index contributed by atoms with van der Waals surface area (Å²) in [6.07, 6.45) is -4.81. The molecule has 1 rings (SSSR count). The van der Waals surface area contributed by atoms with Crippen molar-refractivity contribution in [1.29, 1.82) is 5.26 Å². The molecule has 0 aromatic carbocycles. The molecule has 0 unspecified atom stereocenters. The molecule has 0 amide bonds. The molecule has 80 valence electrons. The van der Waals surface area contributed by atoms with Crippen molar-refractivity contribution in [2.75, 3.05) is 7.11 Å². The van der Waals surface area contributed by atoms with E-state index < -0.39 is 29.2 Å². The largest absolute Gasteiger partial charge is 0.463 e. The van der Waals surface area contributed by atoms with E-state index in [-0.39, 0.29) is 0 Å². The van der Waals surface area contributed by atoms with Crippen molar-refractivity contribution in [3.63, 3.8) is 0 Å². The van der Waals surface area contributed by atoms with Crippen molar-refractivity contribution >= 4 is 5.97 Å². The summed E-state index contributed by atoms with van der Waals surface area (Å²) in [7, 11) is 0.990. The Balaban J connectivity index is 3.25. The van der Waals surface area contributed by atoms with Crippen LogP contribution in [0, 0.1) is 11.3 Å². The molecule has 0 atom stereocenters. The fourth-order valence-corrected chi connectivity index (χ4v) is 0.886. The highest BCUT2D eigenvalue weighted by Crippen LogP contribution is 2.33. The van der Waals surface area contributed by atoms with Crippen LogP contribution in [0.15, 0.2) is 10.5 Å². The standard InChI is InChI=1S/C8H4F3NO3/c1-14-7(13)5-2-4(3-12)6(15-5)8(9,10)11/h2H,1H3. The van der Waals surface area contributed by atoms with Gasteiger partial charge in [0.25, 0.3) is 0 Å². The van der Waals surface area contributed by atoms with Crippen LogP contribution in [0.3, 0.4) is 0 Å². The molecule has 0 bridgehead atoms. The average Bonchev–Trinajstić information content (AvgIpc) is 2.59. The van der Waals surface area contributed by atoms with Gasteiger partial charge in [-0.2, -0.15) is 18.4 Å². The van der Waals surface area contributed by atoms with Crippen LogP contribution in [0.4, 0.5) is 13.2 Å². The molecule has 0 aliphatic carbocycles. The number of ether oxygens (including phenoxy) is 1. The van der Waals surface area contributed by atoms with Crippen LogP contribution >= 0.6 is 0 Å². The fraction of sp³-hybridized carbons (Fsp3) is 0.250. The van der Waals surface area contributed by atoms with E-state index in [4.69, 9.17) is 5.26 Å². The maximum atomic E-state index is 12.2. The smallest absolute Gasteiger partial charge is 0.450 e. The van der Waals surface area contributed by atoms with Gasteiger partial charge in [-0.1, -0.05) is 0 Å². The Morgan fingerprint density at radius 2 is 2.20 bits per heavy atom. The third-order valence-electron chi connectivity index (χ3n) is 1.50. The molecule has 0 N–H and O–H groups in total. The second-order valence-corrected chi connectivity index (χ2v) is 2.45. The maximum Gasteiger partial charge on any atom is 0.450 e. The Morgan fingerprint density at radius 3 is 2.53 bits per heavy atom. The SMILES string of the molecule is COC(=O)c1cc(C#N)c(C(F)(F)F)o1. The molecule has 0 spiro atoms. The number of rotatable bonds is 1. The maximum absolute atomic E-state index is 12.2. The topological polar surface area (TPSA) is 63.2 Å². The minimum atomic E-state index is -4.81. The molecular formula is C8H4F3NO3. The number of nitrogens with zero attached hydrogens (tertiary/aromatic N) is 1.